The van der Waals surface area contributed by atoms with E-state index in [2.05, 4.69) is 4.98 Å². The predicted molar refractivity (Wildman–Crippen MR) is 57.3 cm³/mol. The first-order chi connectivity index (χ1) is 7.09. The monoisotopic (exact) mass is 206 g/mol. The first-order valence-corrected chi connectivity index (χ1v) is 5.08. The third-order valence-corrected chi connectivity index (χ3v) is 2.80. The van der Waals surface area contributed by atoms with Crippen LogP contribution in [0.2, 0.25) is 0 Å². The zero-order chi connectivity index (χ0) is 11.0. The molecule has 1 atom stereocenters. The van der Waals surface area contributed by atoms with E-state index in [0.717, 1.165) is 24.1 Å². The van der Waals surface area contributed by atoms with E-state index in [1.54, 1.807) is 0 Å². The number of hydrogen-bond acceptors (Lipinski definition) is 2. The minimum atomic E-state index is -0.915. The molecule has 0 bridgehead atoms. The van der Waals surface area contributed by atoms with Gasteiger partial charge in [0.2, 0.25) is 0 Å². The smallest absolute Gasteiger partial charge is 0.413 e. The molecule has 2 rings (SSSR count). The summed E-state index contributed by atoms with van der Waals surface area (Å²) in [5, 5.41) is 9.13. The molecule has 0 saturated heterocycles. The van der Waals surface area contributed by atoms with E-state index in [1.807, 2.05) is 26.0 Å². The maximum Gasteiger partial charge on any atom is 0.413 e. The first kappa shape index (κ1) is 9.96. The van der Waals surface area contributed by atoms with Crippen molar-refractivity contribution in [2.75, 3.05) is 4.90 Å². The molecular formula is C11H14N2O2. The number of anilines is 1. The van der Waals surface area contributed by atoms with E-state index >= 15 is 0 Å². The summed E-state index contributed by atoms with van der Waals surface area (Å²) in [6.07, 6.45) is 0.860. The van der Waals surface area contributed by atoms with Gasteiger partial charge in [0, 0.05) is 11.7 Å². The molecule has 15 heavy (non-hydrogen) atoms. The van der Waals surface area contributed by atoms with Crippen molar-refractivity contribution in [3.05, 3.63) is 23.4 Å². The van der Waals surface area contributed by atoms with E-state index in [0.29, 0.717) is 5.82 Å². The quantitative estimate of drug-likeness (QED) is 0.708. The van der Waals surface area contributed by atoms with Crippen LogP contribution in [-0.4, -0.2) is 22.2 Å². The summed E-state index contributed by atoms with van der Waals surface area (Å²) in [5.74, 6) is 0.612. The van der Waals surface area contributed by atoms with Crippen LogP contribution < -0.4 is 4.90 Å². The van der Waals surface area contributed by atoms with E-state index < -0.39 is 6.09 Å². The maximum absolute atomic E-state index is 11.1. The lowest BCUT2D eigenvalue weighted by atomic mass is 10.00. The Bertz CT molecular complexity index is 404. The van der Waals surface area contributed by atoms with Crippen molar-refractivity contribution in [3.8, 4) is 0 Å². The minimum absolute atomic E-state index is 0.0179. The number of carbonyl (C=O) groups is 1. The number of nitrogens with zero attached hydrogens (tertiary/aromatic N) is 2. The molecule has 1 N–H and O–H groups in total. The lowest BCUT2D eigenvalue weighted by molar-refractivity contribution is 0.198. The fourth-order valence-electron chi connectivity index (χ4n) is 1.96. The molecule has 4 nitrogen and oxygen atoms in total. The third kappa shape index (κ3) is 1.67. The number of fused-ring (bicyclic) bond motifs is 1. The van der Waals surface area contributed by atoms with Gasteiger partial charge in [-0.15, -0.1) is 0 Å². The summed E-state index contributed by atoms with van der Waals surface area (Å²) in [5.41, 5.74) is 1.88. The van der Waals surface area contributed by atoms with Crippen LogP contribution in [-0.2, 0) is 6.42 Å². The zero-order valence-corrected chi connectivity index (χ0v) is 8.90. The molecule has 1 unspecified atom stereocenters. The Kier molecular flexibility index (Phi) is 2.34. The summed E-state index contributed by atoms with van der Waals surface area (Å²) in [6, 6.07) is 3.92. The van der Waals surface area contributed by atoms with E-state index in [9.17, 15) is 4.79 Å². The van der Waals surface area contributed by atoms with Crippen molar-refractivity contribution in [3.63, 3.8) is 0 Å². The number of aryl methyl sites for hydroxylation is 2. The molecule has 0 aromatic carbocycles. The molecule has 0 saturated carbocycles. The summed E-state index contributed by atoms with van der Waals surface area (Å²) in [6.45, 7) is 3.79. The van der Waals surface area contributed by atoms with Crippen LogP contribution in [0.5, 0.6) is 0 Å². The van der Waals surface area contributed by atoms with Gasteiger partial charge in [-0.25, -0.2) is 9.78 Å². The summed E-state index contributed by atoms with van der Waals surface area (Å²) < 4.78 is 0. The minimum Gasteiger partial charge on any atom is -0.465 e. The molecule has 0 radical (unpaired) electrons. The Morgan fingerprint density at radius 1 is 1.60 bits per heavy atom. The highest BCUT2D eigenvalue weighted by molar-refractivity contribution is 5.87. The first-order valence-electron chi connectivity index (χ1n) is 5.08. The zero-order valence-electron chi connectivity index (χ0n) is 8.90. The highest BCUT2D eigenvalue weighted by Crippen LogP contribution is 2.28. The molecule has 1 aliphatic heterocycles. The van der Waals surface area contributed by atoms with Gasteiger partial charge in [0.15, 0.2) is 0 Å². The topological polar surface area (TPSA) is 53.4 Å². The maximum atomic E-state index is 11.1. The van der Waals surface area contributed by atoms with Crippen molar-refractivity contribution in [2.45, 2.75) is 32.7 Å². The number of hydrogen-bond donors (Lipinski definition) is 1. The largest absolute Gasteiger partial charge is 0.465 e. The van der Waals surface area contributed by atoms with Crippen molar-refractivity contribution < 1.29 is 9.90 Å². The molecular weight excluding hydrogens is 192 g/mol. The molecule has 0 spiro atoms. The second-order valence-electron chi connectivity index (χ2n) is 3.98. The summed E-state index contributed by atoms with van der Waals surface area (Å²) >= 11 is 0. The Balaban J connectivity index is 2.50. The number of rotatable bonds is 0. The van der Waals surface area contributed by atoms with Crippen LogP contribution in [0.4, 0.5) is 10.6 Å². The number of carboxylic acid groups (broad SMARTS) is 1. The van der Waals surface area contributed by atoms with Crippen LogP contribution in [0.15, 0.2) is 12.1 Å². The van der Waals surface area contributed by atoms with Crippen molar-refractivity contribution in [1.82, 2.24) is 4.98 Å². The molecule has 1 aromatic rings. The van der Waals surface area contributed by atoms with Crippen LogP contribution in [0.3, 0.4) is 0 Å². The summed E-state index contributed by atoms with van der Waals surface area (Å²) in [4.78, 5) is 16.8. The van der Waals surface area contributed by atoms with E-state index in [-0.39, 0.29) is 6.04 Å². The van der Waals surface area contributed by atoms with Gasteiger partial charge >= 0.3 is 6.09 Å². The van der Waals surface area contributed by atoms with Gasteiger partial charge in [-0.3, -0.25) is 4.90 Å². The molecule has 80 valence electrons. The van der Waals surface area contributed by atoms with Gasteiger partial charge in [-0.1, -0.05) is 6.07 Å². The van der Waals surface area contributed by atoms with E-state index in [4.69, 9.17) is 5.11 Å². The van der Waals surface area contributed by atoms with Gasteiger partial charge < -0.3 is 5.11 Å². The Hall–Kier alpha value is -1.58. The fourth-order valence-corrected chi connectivity index (χ4v) is 1.96. The average molecular weight is 206 g/mol. The predicted octanol–water partition coefficient (Wildman–Crippen LogP) is 2.21. The summed E-state index contributed by atoms with van der Waals surface area (Å²) in [7, 11) is 0. The van der Waals surface area contributed by atoms with Crippen LogP contribution in [0.1, 0.15) is 24.6 Å². The molecule has 0 aliphatic carbocycles. The fraction of sp³-hybridized carbons (Fsp3) is 0.455. The number of aromatic nitrogens is 1. The number of amides is 1. The lowest BCUT2D eigenvalue weighted by Crippen LogP contribution is -2.41. The van der Waals surface area contributed by atoms with Crippen LogP contribution >= 0.6 is 0 Å². The molecule has 2 heterocycles. The Morgan fingerprint density at radius 3 is 3.00 bits per heavy atom. The Labute approximate surface area is 88.6 Å². The van der Waals surface area contributed by atoms with Crippen molar-refractivity contribution in [2.24, 2.45) is 0 Å². The standard InChI is InChI=1S/C11H14N2O2/c1-7-3-5-9-6-4-8(2)13(11(14)15)10(9)12-7/h3,5,8H,4,6H2,1-2H3,(H,14,15). The molecule has 1 amide bonds. The van der Waals surface area contributed by atoms with Crippen molar-refractivity contribution >= 4 is 11.9 Å². The van der Waals surface area contributed by atoms with Crippen LogP contribution in [0.25, 0.3) is 0 Å². The van der Waals surface area contributed by atoms with Gasteiger partial charge in [-0.2, -0.15) is 0 Å². The second kappa shape index (κ2) is 3.53. The highest BCUT2D eigenvalue weighted by atomic mass is 16.4. The van der Waals surface area contributed by atoms with Gasteiger partial charge in [0.05, 0.1) is 0 Å². The highest BCUT2D eigenvalue weighted by Gasteiger charge is 2.29. The molecule has 0 fully saturated rings. The average Bonchev–Trinajstić information content (AvgIpc) is 2.16. The third-order valence-electron chi connectivity index (χ3n) is 2.80. The van der Waals surface area contributed by atoms with Gasteiger partial charge in [0.25, 0.3) is 0 Å². The number of pyridine rings is 1. The molecule has 4 heteroatoms. The van der Waals surface area contributed by atoms with E-state index in [1.165, 1.54) is 4.90 Å². The lowest BCUT2D eigenvalue weighted by Gasteiger charge is -2.31. The second-order valence-corrected chi connectivity index (χ2v) is 3.98. The molecule has 1 aromatic heterocycles. The normalized spacial score (nSPS) is 19.9. The van der Waals surface area contributed by atoms with Crippen molar-refractivity contribution in [1.29, 1.82) is 0 Å². The van der Waals surface area contributed by atoms with Crippen LogP contribution in [0, 0.1) is 6.92 Å². The Morgan fingerprint density at radius 2 is 2.33 bits per heavy atom. The van der Waals surface area contributed by atoms with Gasteiger partial charge in [0.1, 0.15) is 5.82 Å². The SMILES string of the molecule is Cc1ccc2c(n1)N(C(=O)O)C(C)CC2. The van der Waals surface area contributed by atoms with Gasteiger partial charge in [-0.05, 0) is 38.3 Å². The molecule has 1 aliphatic rings.